The number of para-hydroxylation sites is 1. The van der Waals surface area contributed by atoms with Crippen LogP contribution < -0.4 is 15.4 Å². The van der Waals surface area contributed by atoms with Gasteiger partial charge in [0.15, 0.2) is 0 Å². The molecule has 2 aromatic carbocycles. The van der Waals surface area contributed by atoms with Crippen LogP contribution >= 0.6 is 11.6 Å². The largest absolute Gasteiger partial charge is 0.493 e. The van der Waals surface area contributed by atoms with E-state index in [1.165, 1.54) is 0 Å². The number of carbonyl (C=O) groups excluding carboxylic acids is 2. The summed E-state index contributed by atoms with van der Waals surface area (Å²) >= 11 is 6.10. The van der Waals surface area contributed by atoms with Crippen molar-refractivity contribution in [3.8, 4) is 5.75 Å². The first-order chi connectivity index (χ1) is 13.0. The van der Waals surface area contributed by atoms with Gasteiger partial charge in [0.1, 0.15) is 11.8 Å². The summed E-state index contributed by atoms with van der Waals surface area (Å²) in [4.78, 5) is 25.5. The van der Waals surface area contributed by atoms with E-state index in [-0.39, 0.29) is 23.8 Å². The summed E-state index contributed by atoms with van der Waals surface area (Å²) in [5, 5.41) is 6.24. The third-order valence-electron chi connectivity index (χ3n) is 4.63. The van der Waals surface area contributed by atoms with Gasteiger partial charge in [-0.2, -0.15) is 0 Å². The van der Waals surface area contributed by atoms with Crippen molar-refractivity contribution in [2.24, 2.45) is 5.92 Å². The lowest BCUT2D eigenvalue weighted by atomic mass is 9.98. The van der Waals surface area contributed by atoms with E-state index in [0.717, 1.165) is 11.3 Å². The van der Waals surface area contributed by atoms with Gasteiger partial charge in [0, 0.05) is 12.0 Å². The van der Waals surface area contributed by atoms with Gasteiger partial charge in [-0.25, -0.2) is 0 Å². The minimum Gasteiger partial charge on any atom is -0.493 e. The number of carbonyl (C=O) groups is 2. The third-order valence-corrected chi connectivity index (χ3v) is 4.96. The highest BCUT2D eigenvalue weighted by Gasteiger charge is 2.29. The fraction of sp³-hybridized carbons (Fsp3) is 0.333. The molecule has 0 bridgehead atoms. The summed E-state index contributed by atoms with van der Waals surface area (Å²) in [6.07, 6.45) is 0.687. The van der Waals surface area contributed by atoms with Crippen molar-refractivity contribution in [2.75, 3.05) is 6.61 Å². The molecule has 1 aliphatic rings. The summed E-state index contributed by atoms with van der Waals surface area (Å²) < 4.78 is 5.64. The highest BCUT2D eigenvalue weighted by molar-refractivity contribution is 6.33. The minimum absolute atomic E-state index is 0.0773. The molecule has 2 atom stereocenters. The van der Waals surface area contributed by atoms with E-state index < -0.39 is 6.04 Å². The Balaban J connectivity index is 1.73. The van der Waals surface area contributed by atoms with E-state index in [0.29, 0.717) is 23.6 Å². The topological polar surface area (TPSA) is 67.4 Å². The number of halogens is 1. The van der Waals surface area contributed by atoms with Crippen LogP contribution in [-0.2, 0) is 4.79 Å². The molecule has 0 saturated carbocycles. The van der Waals surface area contributed by atoms with Crippen molar-refractivity contribution in [3.63, 3.8) is 0 Å². The second-order valence-corrected chi connectivity index (χ2v) is 7.32. The van der Waals surface area contributed by atoms with Crippen molar-refractivity contribution >= 4 is 23.4 Å². The van der Waals surface area contributed by atoms with Gasteiger partial charge >= 0.3 is 0 Å². The highest BCUT2D eigenvalue weighted by atomic mass is 35.5. The predicted molar refractivity (Wildman–Crippen MR) is 105 cm³/mol. The van der Waals surface area contributed by atoms with Gasteiger partial charge in [0.2, 0.25) is 5.91 Å². The van der Waals surface area contributed by atoms with Crippen molar-refractivity contribution < 1.29 is 14.3 Å². The number of hydrogen-bond donors (Lipinski definition) is 2. The first kappa shape index (κ1) is 19.2. The average Bonchev–Trinajstić information content (AvgIpc) is 2.66. The van der Waals surface area contributed by atoms with Crippen LogP contribution in [0.4, 0.5) is 0 Å². The summed E-state index contributed by atoms with van der Waals surface area (Å²) in [6.45, 7) is 4.34. The van der Waals surface area contributed by atoms with E-state index in [1.807, 2.05) is 38.1 Å². The van der Waals surface area contributed by atoms with Crippen molar-refractivity contribution in [1.82, 2.24) is 10.6 Å². The molecule has 0 aliphatic carbocycles. The molecule has 0 aromatic heterocycles. The third kappa shape index (κ3) is 4.42. The Morgan fingerprint density at radius 3 is 2.56 bits per heavy atom. The lowest BCUT2D eigenvalue weighted by Crippen LogP contribution is -2.50. The van der Waals surface area contributed by atoms with Crippen molar-refractivity contribution in [1.29, 1.82) is 0 Å². The number of ether oxygens (including phenoxy) is 1. The van der Waals surface area contributed by atoms with Crippen LogP contribution in [-0.4, -0.2) is 24.5 Å². The number of benzene rings is 2. The van der Waals surface area contributed by atoms with E-state index in [1.54, 1.807) is 24.3 Å². The molecular weight excluding hydrogens is 364 g/mol. The van der Waals surface area contributed by atoms with E-state index in [2.05, 4.69) is 10.6 Å². The SMILES string of the molecule is CC(C)[C@H](NC(=O)c1ccccc1Cl)C(=O)N[C@@H]1CCOc2ccccc21. The number of nitrogens with one attached hydrogen (secondary N) is 2. The van der Waals surface area contributed by atoms with Crippen LogP contribution in [0.15, 0.2) is 48.5 Å². The maximum atomic E-state index is 12.9. The Hall–Kier alpha value is -2.53. The molecule has 0 radical (unpaired) electrons. The molecule has 27 heavy (non-hydrogen) atoms. The number of fused-ring (bicyclic) bond motifs is 1. The zero-order chi connectivity index (χ0) is 19.4. The Morgan fingerprint density at radius 1 is 1.11 bits per heavy atom. The smallest absolute Gasteiger partial charge is 0.253 e. The molecule has 1 aliphatic heterocycles. The molecular formula is C21H23ClN2O3. The first-order valence-electron chi connectivity index (χ1n) is 9.05. The Kier molecular flexibility index (Phi) is 6.01. The van der Waals surface area contributed by atoms with Gasteiger partial charge in [0.05, 0.1) is 23.2 Å². The van der Waals surface area contributed by atoms with Crippen LogP contribution in [0.1, 0.15) is 42.2 Å². The zero-order valence-electron chi connectivity index (χ0n) is 15.4. The lowest BCUT2D eigenvalue weighted by Gasteiger charge is -2.29. The molecule has 0 saturated heterocycles. The summed E-state index contributed by atoms with van der Waals surface area (Å²) in [6, 6.07) is 13.7. The molecule has 2 amide bonds. The molecule has 0 fully saturated rings. The van der Waals surface area contributed by atoms with E-state index >= 15 is 0 Å². The molecule has 2 aromatic rings. The fourth-order valence-corrected chi connectivity index (χ4v) is 3.37. The van der Waals surface area contributed by atoms with Gasteiger partial charge in [-0.3, -0.25) is 9.59 Å². The minimum atomic E-state index is -0.663. The maximum Gasteiger partial charge on any atom is 0.253 e. The molecule has 5 nitrogen and oxygen atoms in total. The lowest BCUT2D eigenvalue weighted by molar-refractivity contribution is -0.124. The normalized spacial score (nSPS) is 16.8. The highest BCUT2D eigenvalue weighted by Crippen LogP contribution is 2.31. The first-order valence-corrected chi connectivity index (χ1v) is 9.42. The van der Waals surface area contributed by atoms with Gasteiger partial charge in [0.25, 0.3) is 5.91 Å². The molecule has 3 rings (SSSR count). The standard InChI is InChI=1S/C21H23ClN2O3/c1-13(2)19(24-20(25)14-7-3-5-9-16(14)22)21(26)23-17-11-12-27-18-10-6-4-8-15(17)18/h3-10,13,17,19H,11-12H2,1-2H3,(H,23,26)(H,24,25)/t17-,19+/m1/s1. The molecule has 6 heteroatoms. The van der Waals surface area contributed by atoms with Gasteiger partial charge in [-0.15, -0.1) is 0 Å². The van der Waals surface area contributed by atoms with Crippen LogP contribution in [0.2, 0.25) is 5.02 Å². The van der Waals surface area contributed by atoms with Crippen LogP contribution in [0.5, 0.6) is 5.75 Å². The number of hydrogen-bond acceptors (Lipinski definition) is 3. The Labute approximate surface area is 164 Å². The summed E-state index contributed by atoms with van der Waals surface area (Å²) in [7, 11) is 0. The Bertz CT molecular complexity index is 838. The predicted octanol–water partition coefficient (Wildman–Crippen LogP) is 3.73. The fourth-order valence-electron chi connectivity index (χ4n) is 3.15. The van der Waals surface area contributed by atoms with Crippen LogP contribution in [0.25, 0.3) is 0 Å². The quantitative estimate of drug-likeness (QED) is 0.822. The van der Waals surface area contributed by atoms with Crippen molar-refractivity contribution in [3.05, 3.63) is 64.7 Å². The monoisotopic (exact) mass is 386 g/mol. The zero-order valence-corrected chi connectivity index (χ0v) is 16.1. The number of rotatable bonds is 5. The van der Waals surface area contributed by atoms with Gasteiger partial charge < -0.3 is 15.4 Å². The summed E-state index contributed by atoms with van der Waals surface area (Å²) in [5.41, 5.74) is 1.31. The van der Waals surface area contributed by atoms with Crippen LogP contribution in [0, 0.1) is 5.92 Å². The summed E-state index contributed by atoms with van der Waals surface area (Å²) in [5.74, 6) is 0.135. The maximum absolute atomic E-state index is 12.9. The van der Waals surface area contributed by atoms with Crippen molar-refractivity contribution in [2.45, 2.75) is 32.4 Å². The van der Waals surface area contributed by atoms with Gasteiger partial charge in [-0.05, 0) is 24.1 Å². The second-order valence-electron chi connectivity index (χ2n) is 6.91. The van der Waals surface area contributed by atoms with E-state index in [9.17, 15) is 9.59 Å². The molecule has 142 valence electrons. The molecule has 1 heterocycles. The molecule has 0 unspecified atom stereocenters. The average molecular weight is 387 g/mol. The van der Waals surface area contributed by atoms with E-state index in [4.69, 9.17) is 16.3 Å². The number of amides is 2. The molecule has 0 spiro atoms. The van der Waals surface area contributed by atoms with Gasteiger partial charge in [-0.1, -0.05) is 55.8 Å². The Morgan fingerprint density at radius 2 is 1.81 bits per heavy atom. The second kappa shape index (κ2) is 8.44. The molecule has 2 N–H and O–H groups in total. The van der Waals surface area contributed by atoms with Crippen LogP contribution in [0.3, 0.4) is 0 Å².